The number of Topliss-reactive ketones (excluding diaryl/α,β-unsaturated/α-hetero) is 1. The smallest absolute Gasteiger partial charge is 0.251 e. The minimum Gasteiger partial charge on any atom is -0.289 e. The molecule has 0 spiro atoms. The number of nitrogens with zero attached hydrogens (tertiary/aromatic N) is 5. The summed E-state index contributed by atoms with van der Waals surface area (Å²) in [6.45, 7) is -0.102. The monoisotopic (exact) mass is 471 g/mol. The number of halogens is 2. The maximum Gasteiger partial charge on any atom is 0.251 e. The summed E-state index contributed by atoms with van der Waals surface area (Å²) >= 11 is 0. The maximum absolute atomic E-state index is 13.3. The third-order valence-corrected chi connectivity index (χ3v) is 5.70. The molecule has 2 aromatic carbocycles. The second kappa shape index (κ2) is 9.99. The molecular formula is C27H23F2N5O. The average molecular weight is 472 g/mol. The highest BCUT2D eigenvalue weighted by molar-refractivity contribution is 6.14. The molecule has 0 bridgehead atoms. The Hall–Kier alpha value is -4.17. The number of likely N-dealkylation sites (tertiary alicyclic amines) is 1. The second-order valence-electron chi connectivity index (χ2n) is 8.34. The minimum absolute atomic E-state index is 0.153. The van der Waals surface area contributed by atoms with Gasteiger partial charge in [0.2, 0.25) is 0 Å². The first-order valence-corrected chi connectivity index (χ1v) is 11.2. The van der Waals surface area contributed by atoms with E-state index in [2.05, 4.69) is 10.2 Å². The summed E-state index contributed by atoms with van der Waals surface area (Å²) in [5.74, 6) is -0.157. The van der Waals surface area contributed by atoms with E-state index in [0.717, 1.165) is 22.5 Å². The second-order valence-corrected chi connectivity index (χ2v) is 8.34. The quantitative estimate of drug-likeness (QED) is 0.384. The fourth-order valence-electron chi connectivity index (χ4n) is 4.10. The summed E-state index contributed by atoms with van der Waals surface area (Å²) in [5, 5.41) is 8.73. The molecule has 1 fully saturated rings. The number of para-hydroxylation sites is 2. The van der Waals surface area contributed by atoms with E-state index in [1.165, 1.54) is 0 Å². The fraction of sp³-hybridized carbons (Fsp3) is 0.148. The molecule has 1 aliphatic rings. The molecule has 35 heavy (non-hydrogen) atoms. The largest absolute Gasteiger partial charge is 0.289 e. The standard InChI is InChI=1S/C27H23F2N5O/c28-26(29)19-32-17-22(11-20-13-30-33(15-20)24-7-3-1-4-8-24)27(35)23(18-32)12-21-14-31-34(16-21)25-9-5-2-6-10-25/h1-16,26H,17-19H2/b22-11-,23-12+. The van der Waals surface area contributed by atoms with Gasteiger partial charge in [-0.1, -0.05) is 36.4 Å². The first kappa shape index (κ1) is 22.6. The van der Waals surface area contributed by atoms with Crippen molar-refractivity contribution in [3.05, 3.63) is 108 Å². The average Bonchev–Trinajstić information content (AvgIpc) is 3.53. The first-order chi connectivity index (χ1) is 17.0. The molecule has 8 heteroatoms. The van der Waals surface area contributed by atoms with Crippen molar-refractivity contribution in [2.24, 2.45) is 0 Å². The molecule has 6 nitrogen and oxygen atoms in total. The van der Waals surface area contributed by atoms with Crippen molar-refractivity contribution in [3.63, 3.8) is 0 Å². The highest BCUT2D eigenvalue weighted by atomic mass is 19.3. The number of rotatable bonds is 6. The summed E-state index contributed by atoms with van der Waals surface area (Å²) in [6.07, 6.45) is 7.91. The van der Waals surface area contributed by atoms with Gasteiger partial charge < -0.3 is 0 Å². The van der Waals surface area contributed by atoms with Gasteiger partial charge in [0.25, 0.3) is 6.43 Å². The highest BCUT2D eigenvalue weighted by Gasteiger charge is 2.28. The Morgan fingerprint density at radius 1 is 0.771 bits per heavy atom. The van der Waals surface area contributed by atoms with Gasteiger partial charge in [-0.2, -0.15) is 10.2 Å². The van der Waals surface area contributed by atoms with Crippen LogP contribution in [0.4, 0.5) is 8.78 Å². The molecule has 4 aromatic rings. The number of aromatic nitrogens is 4. The van der Waals surface area contributed by atoms with Crippen molar-refractivity contribution in [2.75, 3.05) is 19.6 Å². The minimum atomic E-state index is -2.49. The normalized spacial score (nSPS) is 17.1. The lowest BCUT2D eigenvalue weighted by Crippen LogP contribution is -2.40. The van der Waals surface area contributed by atoms with Crippen LogP contribution in [0.3, 0.4) is 0 Å². The number of ketones is 1. The Bertz CT molecular complexity index is 1270. The molecule has 0 saturated carbocycles. The molecule has 1 saturated heterocycles. The molecule has 2 aromatic heterocycles. The van der Waals surface area contributed by atoms with Crippen LogP contribution in [0.2, 0.25) is 0 Å². The van der Waals surface area contributed by atoms with Gasteiger partial charge in [-0.05, 0) is 36.4 Å². The van der Waals surface area contributed by atoms with E-state index in [4.69, 9.17) is 0 Å². The zero-order chi connectivity index (χ0) is 24.2. The zero-order valence-corrected chi connectivity index (χ0v) is 18.8. The molecule has 0 radical (unpaired) electrons. The van der Waals surface area contributed by atoms with E-state index < -0.39 is 13.0 Å². The Labute approximate surface area is 201 Å². The van der Waals surface area contributed by atoms with E-state index in [1.807, 2.05) is 73.1 Å². The predicted molar refractivity (Wildman–Crippen MR) is 131 cm³/mol. The van der Waals surface area contributed by atoms with Gasteiger partial charge in [0, 0.05) is 47.8 Å². The van der Waals surface area contributed by atoms with E-state index >= 15 is 0 Å². The van der Waals surface area contributed by atoms with Crippen LogP contribution in [-0.2, 0) is 4.79 Å². The lowest BCUT2D eigenvalue weighted by molar-refractivity contribution is -0.113. The van der Waals surface area contributed by atoms with Crippen molar-refractivity contribution >= 4 is 17.9 Å². The maximum atomic E-state index is 13.3. The van der Waals surface area contributed by atoms with Gasteiger partial charge in [0.05, 0.1) is 30.3 Å². The van der Waals surface area contributed by atoms with Gasteiger partial charge in [0.1, 0.15) is 0 Å². The Kier molecular flexibility index (Phi) is 6.45. The summed E-state index contributed by atoms with van der Waals surface area (Å²) in [6, 6.07) is 19.2. The Morgan fingerprint density at radius 3 is 1.66 bits per heavy atom. The Morgan fingerprint density at radius 2 is 1.23 bits per heavy atom. The predicted octanol–water partition coefficient (Wildman–Crippen LogP) is 4.67. The van der Waals surface area contributed by atoms with Crippen molar-refractivity contribution in [1.29, 1.82) is 0 Å². The van der Waals surface area contributed by atoms with Crippen LogP contribution in [0.1, 0.15) is 11.1 Å². The van der Waals surface area contributed by atoms with Gasteiger partial charge in [-0.15, -0.1) is 0 Å². The molecule has 0 unspecified atom stereocenters. The van der Waals surface area contributed by atoms with Crippen molar-refractivity contribution in [3.8, 4) is 11.4 Å². The van der Waals surface area contributed by atoms with Crippen molar-refractivity contribution < 1.29 is 13.6 Å². The van der Waals surface area contributed by atoms with Crippen molar-refractivity contribution in [1.82, 2.24) is 24.5 Å². The van der Waals surface area contributed by atoms with Crippen LogP contribution in [0.15, 0.2) is 96.6 Å². The van der Waals surface area contributed by atoms with Gasteiger partial charge in [-0.3, -0.25) is 9.69 Å². The number of hydrogen-bond acceptors (Lipinski definition) is 4. The molecule has 176 valence electrons. The fourth-order valence-corrected chi connectivity index (χ4v) is 4.10. The molecule has 5 rings (SSSR count). The van der Waals surface area contributed by atoms with Crippen LogP contribution in [0, 0.1) is 0 Å². The van der Waals surface area contributed by atoms with Crippen LogP contribution >= 0.6 is 0 Å². The summed E-state index contributed by atoms with van der Waals surface area (Å²) in [7, 11) is 0. The third-order valence-electron chi connectivity index (χ3n) is 5.70. The molecule has 0 amide bonds. The molecule has 0 N–H and O–H groups in total. The highest BCUT2D eigenvalue weighted by Crippen LogP contribution is 2.23. The SMILES string of the molecule is O=C1/C(=C\c2cnn(-c3ccccc3)c2)CN(CC(F)F)C/C1=C\c1cnn(-c2ccccc2)c1. The number of carbonyl (C=O) groups is 1. The van der Waals surface area contributed by atoms with Crippen molar-refractivity contribution in [2.45, 2.75) is 6.43 Å². The van der Waals surface area contributed by atoms with Crippen LogP contribution in [0.5, 0.6) is 0 Å². The lowest BCUT2D eigenvalue weighted by Gasteiger charge is -2.29. The number of hydrogen-bond donors (Lipinski definition) is 0. The molecule has 0 atom stereocenters. The first-order valence-electron chi connectivity index (χ1n) is 11.2. The van der Waals surface area contributed by atoms with E-state index in [0.29, 0.717) is 11.1 Å². The number of alkyl halides is 2. The van der Waals surface area contributed by atoms with Gasteiger partial charge >= 0.3 is 0 Å². The summed E-state index contributed by atoms with van der Waals surface area (Å²) in [5.41, 5.74) is 4.14. The molecule has 0 aliphatic carbocycles. The van der Waals surface area contributed by atoms with Gasteiger partial charge in [0.15, 0.2) is 5.78 Å². The topological polar surface area (TPSA) is 56.0 Å². The van der Waals surface area contributed by atoms with E-state index in [-0.39, 0.29) is 18.9 Å². The summed E-state index contributed by atoms with van der Waals surface area (Å²) in [4.78, 5) is 14.9. The zero-order valence-electron chi connectivity index (χ0n) is 18.8. The molecular weight excluding hydrogens is 448 g/mol. The molecule has 1 aliphatic heterocycles. The number of carbonyl (C=O) groups excluding carboxylic acids is 1. The summed E-state index contributed by atoms with van der Waals surface area (Å²) < 4.78 is 29.9. The van der Waals surface area contributed by atoms with E-state index in [1.54, 1.807) is 38.8 Å². The van der Waals surface area contributed by atoms with Gasteiger partial charge in [-0.25, -0.2) is 18.1 Å². The lowest BCUT2D eigenvalue weighted by atomic mass is 9.95. The molecule has 3 heterocycles. The van der Waals surface area contributed by atoms with Crippen LogP contribution < -0.4 is 0 Å². The van der Waals surface area contributed by atoms with Crippen LogP contribution in [0.25, 0.3) is 23.5 Å². The van der Waals surface area contributed by atoms with E-state index in [9.17, 15) is 13.6 Å². The number of piperidine rings is 1. The number of benzene rings is 2. The van der Waals surface area contributed by atoms with Crippen LogP contribution in [-0.4, -0.2) is 56.3 Å². The Balaban J connectivity index is 1.43. The third kappa shape index (κ3) is 5.33.